The van der Waals surface area contributed by atoms with Gasteiger partial charge in [0.05, 0.1) is 5.92 Å². The third kappa shape index (κ3) is 4.00. The normalized spacial score (nSPS) is 11.0. The minimum absolute atomic E-state index is 0. The zero-order chi connectivity index (χ0) is 8.31. The number of carbonyl (C=O) groups is 2. The first-order valence-corrected chi connectivity index (χ1v) is 2.61. The summed E-state index contributed by atoms with van der Waals surface area (Å²) in [4.78, 5) is 20.2. The molecular weight excluding hydrogens is 160 g/mol. The maximum Gasteiger partial charge on any atom is 2.00 e. The monoisotopic (exact) mass is 170 g/mol. The number of hydrogen-bond donors (Lipinski definition) is 2. The van der Waals surface area contributed by atoms with E-state index in [1.54, 1.807) is 0 Å². The molecule has 0 heterocycles. The Balaban J connectivity index is -0.000000135. The van der Waals surface area contributed by atoms with E-state index in [1.807, 2.05) is 0 Å². The number of rotatable bonds is 3. The van der Waals surface area contributed by atoms with Crippen LogP contribution in [-0.2, 0) is 9.59 Å². The van der Waals surface area contributed by atoms with Crippen molar-refractivity contribution in [3.05, 3.63) is 12.2 Å². The van der Waals surface area contributed by atoms with E-state index in [9.17, 15) is 9.59 Å². The average molecular weight is 170 g/mol. The third-order valence-electron chi connectivity index (χ3n) is 1.17. The summed E-state index contributed by atoms with van der Waals surface area (Å²) in [7, 11) is 0. The molecule has 4 nitrogen and oxygen atoms in total. The molecule has 0 aliphatic carbocycles. The molecule has 0 spiro atoms. The second-order valence-corrected chi connectivity index (χ2v) is 1.89. The zero-order valence-corrected chi connectivity index (χ0v) is 7.62. The van der Waals surface area contributed by atoms with Gasteiger partial charge in [0.15, 0.2) is 0 Å². The van der Waals surface area contributed by atoms with Crippen LogP contribution in [-0.4, -0.2) is 45.2 Å². The van der Waals surface area contributed by atoms with Crippen molar-refractivity contribution < 1.29 is 22.7 Å². The van der Waals surface area contributed by atoms with Crippen LogP contribution < -0.4 is 0 Å². The Bertz CT molecular complexity index is 195. The van der Waals surface area contributed by atoms with E-state index in [1.165, 1.54) is 6.92 Å². The maximum atomic E-state index is 10.1. The zero-order valence-electron chi connectivity index (χ0n) is 8.20. The molecule has 0 aromatic carbocycles. The second kappa shape index (κ2) is 5.14. The van der Waals surface area contributed by atoms with Crippen molar-refractivity contribution in [2.24, 2.45) is 5.92 Å². The van der Waals surface area contributed by atoms with Gasteiger partial charge in [0.1, 0.15) is 0 Å². The SMILES string of the molecule is C=C(C(=O)O)C(C)C(=O)O.[H-].[H-].[Mg+2]. The van der Waals surface area contributed by atoms with Gasteiger partial charge in [0.25, 0.3) is 0 Å². The molecule has 0 fully saturated rings. The first-order chi connectivity index (χ1) is 4.46. The van der Waals surface area contributed by atoms with Crippen molar-refractivity contribution in [2.75, 3.05) is 0 Å². The molecular formula is C6H10MgO4. The van der Waals surface area contributed by atoms with Gasteiger partial charge in [-0.25, -0.2) is 4.79 Å². The molecule has 0 saturated heterocycles. The molecule has 0 aliphatic rings. The van der Waals surface area contributed by atoms with E-state index in [-0.39, 0.29) is 31.5 Å². The predicted molar refractivity (Wildman–Crippen MR) is 41.6 cm³/mol. The summed E-state index contributed by atoms with van der Waals surface area (Å²) in [5.41, 5.74) is -0.299. The van der Waals surface area contributed by atoms with Crippen molar-refractivity contribution >= 4 is 35.0 Å². The van der Waals surface area contributed by atoms with Crippen LogP contribution in [0.2, 0.25) is 0 Å². The van der Waals surface area contributed by atoms with E-state index >= 15 is 0 Å². The van der Waals surface area contributed by atoms with E-state index in [4.69, 9.17) is 10.2 Å². The van der Waals surface area contributed by atoms with Crippen LogP contribution in [0.15, 0.2) is 12.2 Å². The van der Waals surface area contributed by atoms with Crippen LogP contribution in [0.1, 0.15) is 9.78 Å². The molecule has 0 rings (SSSR count). The van der Waals surface area contributed by atoms with Gasteiger partial charge in [0.2, 0.25) is 0 Å². The summed E-state index contributed by atoms with van der Waals surface area (Å²) < 4.78 is 0. The average Bonchev–Trinajstić information content (AvgIpc) is 1.84. The Kier molecular flexibility index (Phi) is 6.11. The van der Waals surface area contributed by atoms with Gasteiger partial charge in [0, 0.05) is 5.57 Å². The number of carboxylic acid groups (broad SMARTS) is 2. The number of aliphatic carboxylic acids is 2. The summed E-state index contributed by atoms with van der Waals surface area (Å²) in [5.74, 6) is -3.46. The molecule has 0 amide bonds. The van der Waals surface area contributed by atoms with E-state index < -0.39 is 17.9 Å². The standard InChI is InChI=1S/C6H8O4.Mg.2H/c1-3(5(7)8)4(2)6(9)10;;;/h4H,1H2,2H3,(H,7,8)(H,9,10);;;/q;+2;2*-1. The fourth-order valence-corrected chi connectivity index (χ4v) is 0.334. The summed E-state index contributed by atoms with van der Waals surface area (Å²) in [5, 5.41) is 16.5. The van der Waals surface area contributed by atoms with Crippen molar-refractivity contribution in [1.29, 1.82) is 0 Å². The summed E-state index contributed by atoms with van der Waals surface area (Å²) in [6.07, 6.45) is 0. The van der Waals surface area contributed by atoms with Gasteiger partial charge in [-0.15, -0.1) is 0 Å². The van der Waals surface area contributed by atoms with Gasteiger partial charge < -0.3 is 13.1 Å². The summed E-state index contributed by atoms with van der Waals surface area (Å²) >= 11 is 0. The van der Waals surface area contributed by atoms with Crippen LogP contribution >= 0.6 is 0 Å². The van der Waals surface area contributed by atoms with Gasteiger partial charge >= 0.3 is 35.0 Å². The number of hydrogen-bond acceptors (Lipinski definition) is 2. The van der Waals surface area contributed by atoms with Crippen LogP contribution in [0.4, 0.5) is 0 Å². The summed E-state index contributed by atoms with van der Waals surface area (Å²) in [6, 6.07) is 0. The van der Waals surface area contributed by atoms with Crippen molar-refractivity contribution in [1.82, 2.24) is 0 Å². The first-order valence-electron chi connectivity index (χ1n) is 2.61. The molecule has 1 atom stereocenters. The van der Waals surface area contributed by atoms with Crippen LogP contribution in [0.3, 0.4) is 0 Å². The molecule has 2 N–H and O–H groups in total. The van der Waals surface area contributed by atoms with Crippen LogP contribution in [0.5, 0.6) is 0 Å². The molecule has 0 radical (unpaired) electrons. The number of carboxylic acids is 2. The minimum Gasteiger partial charge on any atom is -1.00 e. The Morgan fingerprint density at radius 3 is 1.91 bits per heavy atom. The Hall–Kier alpha value is -0.554. The Morgan fingerprint density at radius 2 is 1.82 bits per heavy atom. The van der Waals surface area contributed by atoms with Gasteiger partial charge in [-0.1, -0.05) is 6.58 Å². The van der Waals surface area contributed by atoms with Crippen LogP contribution in [0.25, 0.3) is 0 Å². The molecule has 5 heteroatoms. The Labute approximate surface area is 83.0 Å². The first kappa shape index (κ1) is 13.1. The van der Waals surface area contributed by atoms with Crippen molar-refractivity contribution in [3.8, 4) is 0 Å². The second-order valence-electron chi connectivity index (χ2n) is 1.89. The fourth-order valence-electron chi connectivity index (χ4n) is 0.334. The van der Waals surface area contributed by atoms with Crippen LogP contribution in [0, 0.1) is 5.92 Å². The van der Waals surface area contributed by atoms with E-state index in [2.05, 4.69) is 6.58 Å². The largest absolute Gasteiger partial charge is 2.00 e. The quantitative estimate of drug-likeness (QED) is 0.468. The maximum absolute atomic E-state index is 10.1. The van der Waals surface area contributed by atoms with Gasteiger partial charge in [-0.2, -0.15) is 0 Å². The van der Waals surface area contributed by atoms with Gasteiger partial charge in [-0.05, 0) is 6.92 Å². The molecule has 0 saturated carbocycles. The Morgan fingerprint density at radius 1 is 1.45 bits per heavy atom. The molecule has 0 aromatic rings. The predicted octanol–water partition coefficient (Wildman–Crippen LogP) is 0.192. The molecule has 0 aliphatic heterocycles. The molecule has 0 aromatic heterocycles. The summed E-state index contributed by atoms with van der Waals surface area (Å²) in [6.45, 7) is 4.37. The van der Waals surface area contributed by atoms with E-state index in [0.717, 1.165) is 0 Å². The van der Waals surface area contributed by atoms with Gasteiger partial charge in [-0.3, -0.25) is 4.79 Å². The molecule has 60 valence electrons. The smallest absolute Gasteiger partial charge is 1.00 e. The van der Waals surface area contributed by atoms with Crippen molar-refractivity contribution in [2.45, 2.75) is 6.92 Å². The molecule has 1 unspecified atom stereocenters. The van der Waals surface area contributed by atoms with E-state index in [0.29, 0.717) is 0 Å². The topological polar surface area (TPSA) is 74.6 Å². The minimum atomic E-state index is -1.27. The molecule has 11 heavy (non-hydrogen) atoms. The molecule has 0 bridgehead atoms. The third-order valence-corrected chi connectivity index (χ3v) is 1.17. The van der Waals surface area contributed by atoms with Crippen molar-refractivity contribution in [3.63, 3.8) is 0 Å². The fraction of sp³-hybridized carbons (Fsp3) is 0.333.